The number of aliphatic hydroxyl groups is 1. The highest BCUT2D eigenvalue weighted by atomic mass is 16.5. The first-order valence-electron chi connectivity index (χ1n) is 6.37. The Labute approximate surface area is 99.1 Å². The van der Waals surface area contributed by atoms with Crippen LogP contribution in [0.25, 0.3) is 0 Å². The highest BCUT2D eigenvalue weighted by Gasteiger charge is 2.21. The highest BCUT2D eigenvalue weighted by Crippen LogP contribution is 2.25. The van der Waals surface area contributed by atoms with Crippen molar-refractivity contribution in [2.24, 2.45) is 5.92 Å². The third kappa shape index (κ3) is 5.83. The standard InChI is InChI=1S/C13H26O3/c1-13(2,3)16-9-8-15-12-6-4-11(10-14)5-7-12/h11-12,14H,4-10H2,1-3H3. The van der Waals surface area contributed by atoms with Gasteiger partial charge in [0.05, 0.1) is 24.9 Å². The minimum absolute atomic E-state index is 0.0715. The van der Waals surface area contributed by atoms with Crippen LogP contribution in [0.1, 0.15) is 46.5 Å². The van der Waals surface area contributed by atoms with Crippen LogP contribution >= 0.6 is 0 Å². The normalized spacial score (nSPS) is 27.0. The molecule has 0 bridgehead atoms. The van der Waals surface area contributed by atoms with Crippen LogP contribution in [0.2, 0.25) is 0 Å². The summed E-state index contributed by atoms with van der Waals surface area (Å²) in [6, 6.07) is 0. The van der Waals surface area contributed by atoms with Gasteiger partial charge in [0.25, 0.3) is 0 Å². The van der Waals surface area contributed by atoms with Crippen LogP contribution in [-0.4, -0.2) is 36.6 Å². The first-order valence-corrected chi connectivity index (χ1v) is 6.37. The molecular weight excluding hydrogens is 204 g/mol. The first kappa shape index (κ1) is 13.9. The lowest BCUT2D eigenvalue weighted by Gasteiger charge is -2.28. The summed E-state index contributed by atoms with van der Waals surface area (Å²) in [5, 5.41) is 9.02. The van der Waals surface area contributed by atoms with Gasteiger partial charge in [-0.15, -0.1) is 0 Å². The van der Waals surface area contributed by atoms with Gasteiger partial charge in [-0.3, -0.25) is 0 Å². The van der Waals surface area contributed by atoms with E-state index in [1.54, 1.807) is 0 Å². The smallest absolute Gasteiger partial charge is 0.0707 e. The van der Waals surface area contributed by atoms with Crippen LogP contribution < -0.4 is 0 Å². The van der Waals surface area contributed by atoms with Crippen LogP contribution in [0.4, 0.5) is 0 Å². The quantitative estimate of drug-likeness (QED) is 0.737. The lowest BCUT2D eigenvalue weighted by atomic mass is 9.88. The molecule has 0 aromatic heterocycles. The van der Waals surface area contributed by atoms with E-state index in [2.05, 4.69) is 20.8 Å². The predicted octanol–water partition coefficient (Wildman–Crippen LogP) is 2.37. The maximum absolute atomic E-state index is 9.02. The third-order valence-corrected chi connectivity index (χ3v) is 3.02. The molecule has 0 spiro atoms. The molecule has 0 atom stereocenters. The summed E-state index contributed by atoms with van der Waals surface area (Å²) >= 11 is 0. The van der Waals surface area contributed by atoms with Crippen molar-refractivity contribution in [2.45, 2.75) is 58.2 Å². The molecule has 0 aromatic carbocycles. The van der Waals surface area contributed by atoms with Crippen molar-refractivity contribution in [2.75, 3.05) is 19.8 Å². The van der Waals surface area contributed by atoms with Crippen molar-refractivity contribution in [3.63, 3.8) is 0 Å². The van der Waals surface area contributed by atoms with E-state index in [4.69, 9.17) is 14.6 Å². The van der Waals surface area contributed by atoms with Gasteiger partial charge < -0.3 is 14.6 Å². The summed E-state index contributed by atoms with van der Waals surface area (Å²) in [6.45, 7) is 7.85. The summed E-state index contributed by atoms with van der Waals surface area (Å²) < 4.78 is 11.4. The second-order valence-electron chi connectivity index (χ2n) is 5.66. The minimum atomic E-state index is -0.0715. The average Bonchev–Trinajstić information content (AvgIpc) is 2.24. The monoisotopic (exact) mass is 230 g/mol. The molecule has 0 aliphatic heterocycles. The van der Waals surface area contributed by atoms with Gasteiger partial charge in [-0.1, -0.05) is 0 Å². The summed E-state index contributed by atoms with van der Waals surface area (Å²) in [7, 11) is 0. The van der Waals surface area contributed by atoms with E-state index in [0.29, 0.717) is 31.8 Å². The van der Waals surface area contributed by atoms with Gasteiger partial charge in [0.1, 0.15) is 0 Å². The van der Waals surface area contributed by atoms with Gasteiger partial charge in [0.2, 0.25) is 0 Å². The van der Waals surface area contributed by atoms with Crippen LogP contribution in [-0.2, 0) is 9.47 Å². The van der Waals surface area contributed by atoms with Gasteiger partial charge in [-0.2, -0.15) is 0 Å². The zero-order chi connectivity index (χ0) is 12.0. The molecular formula is C13H26O3. The SMILES string of the molecule is CC(C)(C)OCCOC1CCC(CO)CC1. The van der Waals surface area contributed by atoms with Crippen LogP contribution in [0.5, 0.6) is 0 Å². The minimum Gasteiger partial charge on any atom is -0.396 e. The Kier molecular flexibility index (Phi) is 5.73. The Bertz CT molecular complexity index is 178. The number of hydrogen-bond acceptors (Lipinski definition) is 3. The number of ether oxygens (including phenoxy) is 2. The van der Waals surface area contributed by atoms with Crippen molar-refractivity contribution in [3.05, 3.63) is 0 Å². The molecule has 1 N–H and O–H groups in total. The lowest BCUT2D eigenvalue weighted by molar-refractivity contribution is -0.0613. The van der Waals surface area contributed by atoms with Crippen LogP contribution in [0.3, 0.4) is 0 Å². The molecule has 1 saturated carbocycles. The molecule has 3 nitrogen and oxygen atoms in total. The maximum atomic E-state index is 9.02. The fourth-order valence-corrected chi connectivity index (χ4v) is 2.04. The maximum Gasteiger partial charge on any atom is 0.0707 e. The van der Waals surface area contributed by atoms with Crippen molar-refractivity contribution in [3.8, 4) is 0 Å². The molecule has 0 amide bonds. The van der Waals surface area contributed by atoms with Gasteiger partial charge in [-0.25, -0.2) is 0 Å². The molecule has 0 radical (unpaired) electrons. The van der Waals surface area contributed by atoms with E-state index in [-0.39, 0.29) is 5.60 Å². The number of aliphatic hydroxyl groups excluding tert-OH is 1. The third-order valence-electron chi connectivity index (χ3n) is 3.02. The van der Waals surface area contributed by atoms with E-state index in [1.165, 1.54) is 0 Å². The van der Waals surface area contributed by atoms with Gasteiger partial charge in [-0.05, 0) is 52.4 Å². The topological polar surface area (TPSA) is 38.7 Å². The summed E-state index contributed by atoms with van der Waals surface area (Å²) in [6.07, 6.45) is 4.75. The highest BCUT2D eigenvalue weighted by molar-refractivity contribution is 4.72. The lowest BCUT2D eigenvalue weighted by Crippen LogP contribution is -2.26. The Hall–Kier alpha value is -0.120. The molecule has 0 aromatic rings. The molecule has 1 rings (SSSR count). The molecule has 0 heterocycles. The van der Waals surface area contributed by atoms with Gasteiger partial charge in [0.15, 0.2) is 0 Å². The second kappa shape index (κ2) is 6.58. The van der Waals surface area contributed by atoms with E-state index >= 15 is 0 Å². The molecule has 0 unspecified atom stereocenters. The molecule has 1 aliphatic carbocycles. The van der Waals surface area contributed by atoms with Crippen LogP contribution in [0.15, 0.2) is 0 Å². The summed E-state index contributed by atoms with van der Waals surface area (Å²) in [5.74, 6) is 0.505. The Morgan fingerprint density at radius 1 is 1.06 bits per heavy atom. The summed E-state index contributed by atoms with van der Waals surface area (Å²) in [4.78, 5) is 0. The van der Waals surface area contributed by atoms with E-state index in [9.17, 15) is 0 Å². The molecule has 1 aliphatic rings. The van der Waals surface area contributed by atoms with Crippen LogP contribution in [0, 0.1) is 5.92 Å². The average molecular weight is 230 g/mol. The molecule has 96 valence electrons. The summed E-state index contributed by atoms with van der Waals surface area (Å²) in [5.41, 5.74) is -0.0715. The Balaban J connectivity index is 2.02. The second-order valence-corrected chi connectivity index (χ2v) is 5.66. The fraction of sp³-hybridized carbons (Fsp3) is 1.00. The molecule has 16 heavy (non-hydrogen) atoms. The van der Waals surface area contributed by atoms with Crippen molar-refractivity contribution in [1.82, 2.24) is 0 Å². The van der Waals surface area contributed by atoms with Crippen molar-refractivity contribution < 1.29 is 14.6 Å². The largest absolute Gasteiger partial charge is 0.396 e. The number of rotatable bonds is 5. The Morgan fingerprint density at radius 2 is 1.69 bits per heavy atom. The number of hydrogen-bond donors (Lipinski definition) is 1. The van der Waals surface area contributed by atoms with Crippen molar-refractivity contribution in [1.29, 1.82) is 0 Å². The van der Waals surface area contributed by atoms with E-state index in [0.717, 1.165) is 25.7 Å². The zero-order valence-corrected chi connectivity index (χ0v) is 10.9. The predicted molar refractivity (Wildman–Crippen MR) is 64.5 cm³/mol. The first-order chi connectivity index (χ1) is 7.51. The molecule has 3 heteroatoms. The zero-order valence-electron chi connectivity index (χ0n) is 10.9. The van der Waals surface area contributed by atoms with Crippen molar-refractivity contribution >= 4 is 0 Å². The fourth-order valence-electron chi connectivity index (χ4n) is 2.04. The van der Waals surface area contributed by atoms with E-state index < -0.39 is 0 Å². The Morgan fingerprint density at radius 3 is 2.19 bits per heavy atom. The van der Waals surface area contributed by atoms with Gasteiger partial charge >= 0.3 is 0 Å². The molecule has 1 fully saturated rings. The van der Waals surface area contributed by atoms with E-state index in [1.807, 2.05) is 0 Å². The van der Waals surface area contributed by atoms with Gasteiger partial charge in [0, 0.05) is 6.61 Å². The molecule has 0 saturated heterocycles.